The maximum atomic E-state index is 5.26. The lowest BCUT2D eigenvalue weighted by atomic mass is 10.3. The summed E-state index contributed by atoms with van der Waals surface area (Å²) in [6.07, 6.45) is 2.24. The zero-order valence-corrected chi connectivity index (χ0v) is 6.05. The number of allylic oxidation sites excluding steroid dienone is 1. The highest BCUT2D eigenvalue weighted by atomic mass is 16.7. The Morgan fingerprint density at radius 2 is 1.67 bits per heavy atom. The maximum absolute atomic E-state index is 5.26. The van der Waals surface area contributed by atoms with Crippen molar-refractivity contribution in [2.45, 2.75) is 33.0 Å². The van der Waals surface area contributed by atoms with Crippen molar-refractivity contribution < 1.29 is 9.47 Å². The number of rotatable bonds is 0. The van der Waals surface area contributed by atoms with Crippen LogP contribution in [-0.2, 0) is 9.47 Å². The first-order chi connectivity index (χ1) is 4.24. The van der Waals surface area contributed by atoms with Gasteiger partial charge in [0.15, 0.2) is 0 Å². The van der Waals surface area contributed by atoms with Gasteiger partial charge in [0, 0.05) is 0 Å². The van der Waals surface area contributed by atoms with Crippen LogP contribution in [0.3, 0.4) is 0 Å². The molecule has 2 unspecified atom stereocenters. The molecule has 0 aromatic heterocycles. The molecule has 2 heteroatoms. The van der Waals surface area contributed by atoms with Crippen molar-refractivity contribution in [1.29, 1.82) is 0 Å². The number of ether oxygens (including phenoxy) is 2. The van der Waals surface area contributed by atoms with Crippen LogP contribution in [0.5, 0.6) is 0 Å². The number of hydrogen-bond acceptors (Lipinski definition) is 2. The number of hydrogen-bond donors (Lipinski definition) is 0. The van der Waals surface area contributed by atoms with Crippen LogP contribution in [0.25, 0.3) is 0 Å². The summed E-state index contributed by atoms with van der Waals surface area (Å²) >= 11 is 0. The van der Waals surface area contributed by atoms with E-state index in [1.54, 1.807) is 0 Å². The van der Waals surface area contributed by atoms with Crippen LogP contribution < -0.4 is 0 Å². The summed E-state index contributed by atoms with van der Waals surface area (Å²) in [6, 6.07) is 0. The molecule has 1 saturated heterocycles. The second-order valence-corrected chi connectivity index (χ2v) is 2.25. The lowest BCUT2D eigenvalue weighted by molar-refractivity contribution is 0.145. The first-order valence-corrected chi connectivity index (χ1v) is 3.23. The highest BCUT2D eigenvalue weighted by Gasteiger charge is 2.24. The summed E-state index contributed by atoms with van der Waals surface area (Å²) < 4.78 is 10.5. The van der Waals surface area contributed by atoms with Crippen LogP contribution in [0.4, 0.5) is 0 Å². The van der Waals surface area contributed by atoms with E-state index in [1.807, 2.05) is 26.8 Å². The Hall–Kier alpha value is -0.660. The van der Waals surface area contributed by atoms with Gasteiger partial charge in [0.1, 0.15) is 12.2 Å². The zero-order chi connectivity index (χ0) is 6.85. The van der Waals surface area contributed by atoms with Crippen LogP contribution in [0.1, 0.15) is 20.8 Å². The van der Waals surface area contributed by atoms with Gasteiger partial charge in [-0.3, -0.25) is 0 Å². The lowest BCUT2D eigenvalue weighted by Gasteiger charge is -2.01. The Morgan fingerprint density at radius 1 is 1.22 bits per heavy atom. The van der Waals surface area contributed by atoms with E-state index in [9.17, 15) is 0 Å². The van der Waals surface area contributed by atoms with Gasteiger partial charge in [-0.25, -0.2) is 0 Å². The predicted octanol–water partition coefficient (Wildman–Crippen LogP) is 1.67. The third kappa shape index (κ3) is 1.18. The van der Waals surface area contributed by atoms with Crippen LogP contribution in [0.2, 0.25) is 0 Å². The van der Waals surface area contributed by atoms with Crippen LogP contribution >= 0.6 is 0 Å². The second kappa shape index (κ2) is 2.29. The monoisotopic (exact) mass is 128 g/mol. The van der Waals surface area contributed by atoms with E-state index in [1.165, 1.54) is 0 Å². The quantitative estimate of drug-likeness (QED) is 0.494. The standard InChI is InChI=1S/C7H12O2/c1-4-7-8-5(2)6(3)9-7/h4-6H,1-3H3. The van der Waals surface area contributed by atoms with Gasteiger partial charge in [-0.05, 0) is 26.8 Å². The van der Waals surface area contributed by atoms with Crippen molar-refractivity contribution in [3.8, 4) is 0 Å². The Labute approximate surface area is 55.5 Å². The molecule has 1 fully saturated rings. The molecule has 0 amide bonds. The molecule has 1 aliphatic heterocycles. The van der Waals surface area contributed by atoms with Gasteiger partial charge in [-0.2, -0.15) is 0 Å². The van der Waals surface area contributed by atoms with Crippen molar-refractivity contribution in [2.24, 2.45) is 0 Å². The largest absolute Gasteiger partial charge is 0.459 e. The fourth-order valence-electron chi connectivity index (χ4n) is 0.722. The molecule has 2 nitrogen and oxygen atoms in total. The zero-order valence-electron chi connectivity index (χ0n) is 6.05. The first-order valence-electron chi connectivity index (χ1n) is 3.23. The molecule has 0 radical (unpaired) electrons. The van der Waals surface area contributed by atoms with E-state index in [-0.39, 0.29) is 12.2 Å². The summed E-state index contributed by atoms with van der Waals surface area (Å²) in [6.45, 7) is 5.91. The van der Waals surface area contributed by atoms with Crippen LogP contribution in [0.15, 0.2) is 12.0 Å². The van der Waals surface area contributed by atoms with Gasteiger partial charge in [0.05, 0.1) is 0 Å². The van der Waals surface area contributed by atoms with Crippen molar-refractivity contribution in [1.82, 2.24) is 0 Å². The average Bonchev–Trinajstić information content (AvgIpc) is 2.13. The topological polar surface area (TPSA) is 18.5 Å². The van der Waals surface area contributed by atoms with E-state index < -0.39 is 0 Å². The Balaban J connectivity index is 2.54. The van der Waals surface area contributed by atoms with Crippen molar-refractivity contribution in [3.05, 3.63) is 12.0 Å². The van der Waals surface area contributed by atoms with Gasteiger partial charge in [-0.15, -0.1) is 0 Å². The highest BCUT2D eigenvalue weighted by molar-refractivity contribution is 4.88. The fraction of sp³-hybridized carbons (Fsp3) is 0.714. The normalized spacial score (nSPS) is 33.4. The van der Waals surface area contributed by atoms with Gasteiger partial charge in [0.25, 0.3) is 5.95 Å². The van der Waals surface area contributed by atoms with E-state index in [0.717, 1.165) is 0 Å². The minimum atomic E-state index is 0.205. The van der Waals surface area contributed by atoms with Gasteiger partial charge < -0.3 is 9.47 Å². The summed E-state index contributed by atoms with van der Waals surface area (Å²) in [5.41, 5.74) is 0. The Bertz CT molecular complexity index is 117. The molecule has 0 aliphatic carbocycles. The molecular weight excluding hydrogens is 116 g/mol. The fourth-order valence-corrected chi connectivity index (χ4v) is 0.722. The van der Waals surface area contributed by atoms with Gasteiger partial charge >= 0.3 is 0 Å². The Morgan fingerprint density at radius 3 is 1.89 bits per heavy atom. The smallest absolute Gasteiger partial charge is 0.275 e. The highest BCUT2D eigenvalue weighted by Crippen LogP contribution is 2.20. The minimum Gasteiger partial charge on any atom is -0.459 e. The minimum absolute atomic E-state index is 0.205. The second-order valence-electron chi connectivity index (χ2n) is 2.25. The predicted molar refractivity (Wildman–Crippen MR) is 34.9 cm³/mol. The molecule has 1 aliphatic rings. The molecule has 0 bridgehead atoms. The van der Waals surface area contributed by atoms with E-state index >= 15 is 0 Å². The van der Waals surface area contributed by atoms with E-state index in [0.29, 0.717) is 5.95 Å². The first kappa shape index (κ1) is 6.46. The molecule has 1 heterocycles. The van der Waals surface area contributed by atoms with Crippen molar-refractivity contribution in [2.75, 3.05) is 0 Å². The molecule has 0 aromatic rings. The molecule has 0 saturated carbocycles. The molecule has 2 atom stereocenters. The van der Waals surface area contributed by atoms with Gasteiger partial charge in [0.2, 0.25) is 0 Å². The van der Waals surface area contributed by atoms with E-state index in [4.69, 9.17) is 9.47 Å². The summed E-state index contributed by atoms with van der Waals surface area (Å²) in [7, 11) is 0. The molecule has 0 spiro atoms. The molecule has 9 heavy (non-hydrogen) atoms. The van der Waals surface area contributed by atoms with E-state index in [2.05, 4.69) is 0 Å². The average molecular weight is 128 g/mol. The third-order valence-electron chi connectivity index (χ3n) is 1.50. The van der Waals surface area contributed by atoms with Gasteiger partial charge in [-0.1, -0.05) is 0 Å². The van der Waals surface area contributed by atoms with Crippen molar-refractivity contribution in [3.63, 3.8) is 0 Å². The molecular formula is C7H12O2. The van der Waals surface area contributed by atoms with Crippen LogP contribution in [0, 0.1) is 0 Å². The molecule has 1 rings (SSSR count). The Kier molecular flexibility index (Phi) is 1.65. The molecule has 52 valence electrons. The summed E-state index contributed by atoms with van der Waals surface area (Å²) in [4.78, 5) is 0. The lowest BCUT2D eigenvalue weighted by Crippen LogP contribution is -2.13. The van der Waals surface area contributed by atoms with Crippen LogP contribution in [-0.4, -0.2) is 12.2 Å². The SMILES string of the molecule is CC=C1OC(C)C(C)O1. The molecule has 0 N–H and O–H groups in total. The maximum Gasteiger partial charge on any atom is 0.275 e. The summed E-state index contributed by atoms with van der Waals surface area (Å²) in [5.74, 6) is 0.662. The molecule has 0 aromatic carbocycles. The summed E-state index contributed by atoms with van der Waals surface area (Å²) in [5, 5.41) is 0. The third-order valence-corrected chi connectivity index (χ3v) is 1.50. The van der Waals surface area contributed by atoms with Crippen molar-refractivity contribution >= 4 is 0 Å².